The highest BCUT2D eigenvalue weighted by atomic mass is 35.5. The van der Waals surface area contributed by atoms with E-state index in [0.29, 0.717) is 29.2 Å². The number of aliphatic imine (C=N–C) groups is 1. The summed E-state index contributed by atoms with van der Waals surface area (Å²) in [7, 11) is 0. The van der Waals surface area contributed by atoms with E-state index in [1.165, 1.54) is 0 Å². The average molecular weight is 336 g/mol. The lowest BCUT2D eigenvalue weighted by atomic mass is 10.1. The molecule has 124 valence electrons. The van der Waals surface area contributed by atoms with Crippen molar-refractivity contribution in [3.8, 4) is 11.4 Å². The third kappa shape index (κ3) is 5.56. The van der Waals surface area contributed by atoms with Gasteiger partial charge in [0.1, 0.15) is 6.54 Å². The zero-order valence-electron chi connectivity index (χ0n) is 13.9. The van der Waals surface area contributed by atoms with Crippen LogP contribution in [-0.4, -0.2) is 28.2 Å². The van der Waals surface area contributed by atoms with Crippen LogP contribution in [-0.2, 0) is 6.54 Å². The van der Waals surface area contributed by atoms with E-state index in [0.717, 1.165) is 12.1 Å². The maximum absolute atomic E-state index is 5.88. The van der Waals surface area contributed by atoms with Gasteiger partial charge in [-0.2, -0.15) is 4.98 Å². The molecule has 0 atom stereocenters. The number of rotatable bonds is 4. The fourth-order valence-corrected chi connectivity index (χ4v) is 1.97. The van der Waals surface area contributed by atoms with E-state index in [2.05, 4.69) is 46.5 Å². The van der Waals surface area contributed by atoms with Crippen LogP contribution in [0.15, 0.2) is 33.8 Å². The zero-order chi connectivity index (χ0) is 16.9. The van der Waals surface area contributed by atoms with Crippen LogP contribution >= 0.6 is 11.6 Å². The van der Waals surface area contributed by atoms with Crippen LogP contribution in [0.4, 0.5) is 0 Å². The van der Waals surface area contributed by atoms with Crippen LogP contribution in [0.25, 0.3) is 11.4 Å². The molecule has 1 aromatic heterocycles. The van der Waals surface area contributed by atoms with Gasteiger partial charge in [-0.15, -0.1) is 0 Å². The first-order valence-electron chi connectivity index (χ1n) is 7.52. The molecule has 0 saturated heterocycles. The number of guanidine groups is 1. The molecule has 2 aromatic rings. The number of hydrogen-bond acceptors (Lipinski definition) is 4. The number of nitrogens with zero attached hydrogens (tertiary/aromatic N) is 3. The summed E-state index contributed by atoms with van der Waals surface area (Å²) in [5.74, 6) is 1.70. The Morgan fingerprint density at radius 3 is 2.57 bits per heavy atom. The Bertz CT molecular complexity index is 658. The van der Waals surface area contributed by atoms with E-state index >= 15 is 0 Å². The van der Waals surface area contributed by atoms with E-state index < -0.39 is 0 Å². The second-order valence-electron chi connectivity index (χ2n) is 6.09. The molecule has 6 nitrogen and oxygen atoms in total. The van der Waals surface area contributed by atoms with Gasteiger partial charge in [-0.1, -0.05) is 16.8 Å². The average Bonchev–Trinajstić information content (AvgIpc) is 2.93. The van der Waals surface area contributed by atoms with Crippen LogP contribution in [0.1, 0.15) is 33.6 Å². The second-order valence-corrected chi connectivity index (χ2v) is 6.53. The molecule has 0 aliphatic carbocycles. The first-order valence-corrected chi connectivity index (χ1v) is 7.90. The number of benzene rings is 1. The van der Waals surface area contributed by atoms with Crippen molar-refractivity contribution in [2.24, 2.45) is 4.99 Å². The van der Waals surface area contributed by atoms with E-state index in [9.17, 15) is 0 Å². The molecule has 1 aromatic carbocycles. The molecule has 0 unspecified atom stereocenters. The molecule has 0 bridgehead atoms. The molecule has 0 radical (unpaired) electrons. The summed E-state index contributed by atoms with van der Waals surface area (Å²) in [4.78, 5) is 8.82. The summed E-state index contributed by atoms with van der Waals surface area (Å²) in [6.45, 7) is 9.33. The summed E-state index contributed by atoms with van der Waals surface area (Å²) < 4.78 is 5.25. The van der Waals surface area contributed by atoms with E-state index in [4.69, 9.17) is 16.1 Å². The third-order valence-corrected chi connectivity index (χ3v) is 3.03. The van der Waals surface area contributed by atoms with Gasteiger partial charge in [-0.25, -0.2) is 4.99 Å². The molecule has 23 heavy (non-hydrogen) atoms. The molecular formula is C16H22ClN5O. The Balaban J connectivity index is 2.07. The van der Waals surface area contributed by atoms with Crippen LogP contribution in [0.3, 0.4) is 0 Å². The van der Waals surface area contributed by atoms with Gasteiger partial charge in [0.25, 0.3) is 0 Å². The number of aromatic nitrogens is 2. The lowest BCUT2D eigenvalue weighted by Gasteiger charge is -2.23. The molecule has 0 aliphatic heterocycles. The summed E-state index contributed by atoms with van der Waals surface area (Å²) in [6, 6.07) is 7.29. The van der Waals surface area contributed by atoms with Gasteiger partial charge < -0.3 is 15.2 Å². The summed E-state index contributed by atoms with van der Waals surface area (Å²) in [5, 5.41) is 11.1. The number of nitrogens with one attached hydrogen (secondary N) is 2. The Hall–Kier alpha value is -2.08. The molecule has 1 heterocycles. The molecule has 0 saturated carbocycles. The Labute approximate surface area is 141 Å². The van der Waals surface area contributed by atoms with Gasteiger partial charge in [0, 0.05) is 22.7 Å². The minimum atomic E-state index is -0.0791. The van der Waals surface area contributed by atoms with E-state index in [-0.39, 0.29) is 5.54 Å². The maximum atomic E-state index is 5.88. The van der Waals surface area contributed by atoms with Crippen molar-refractivity contribution < 1.29 is 4.52 Å². The quantitative estimate of drug-likeness (QED) is 0.662. The highest BCUT2D eigenvalue weighted by Crippen LogP contribution is 2.18. The predicted octanol–water partition coefficient (Wildman–Crippen LogP) is 3.24. The van der Waals surface area contributed by atoms with Crippen LogP contribution in [0.2, 0.25) is 5.02 Å². The topological polar surface area (TPSA) is 75.3 Å². The van der Waals surface area contributed by atoms with Crippen molar-refractivity contribution in [2.45, 2.75) is 39.8 Å². The lowest BCUT2D eigenvalue weighted by Crippen LogP contribution is -2.47. The predicted molar refractivity (Wildman–Crippen MR) is 92.4 cm³/mol. The van der Waals surface area contributed by atoms with E-state index in [1.54, 1.807) is 12.1 Å². The van der Waals surface area contributed by atoms with Crippen LogP contribution in [0, 0.1) is 0 Å². The first-order chi connectivity index (χ1) is 10.9. The standard InChI is InChI=1S/C16H22ClN5O/c1-5-18-15(21-16(2,3)4)19-10-13-20-14(22-23-13)11-6-8-12(17)9-7-11/h6-9H,5,10H2,1-4H3,(H2,18,19,21). The highest BCUT2D eigenvalue weighted by Gasteiger charge is 2.13. The fourth-order valence-electron chi connectivity index (χ4n) is 1.84. The third-order valence-electron chi connectivity index (χ3n) is 2.78. The Kier molecular flexibility index (Phi) is 5.60. The number of hydrogen-bond donors (Lipinski definition) is 2. The molecule has 2 N–H and O–H groups in total. The SMILES string of the molecule is CCNC(=NCc1nc(-c2ccc(Cl)cc2)no1)NC(C)(C)C. The van der Waals surface area contributed by atoms with Gasteiger partial charge in [-0.05, 0) is 52.0 Å². The fraction of sp³-hybridized carbons (Fsp3) is 0.438. The summed E-state index contributed by atoms with van der Waals surface area (Å²) in [5.41, 5.74) is 0.776. The first kappa shape index (κ1) is 17.3. The van der Waals surface area contributed by atoms with Crippen LogP contribution < -0.4 is 10.6 Å². The summed E-state index contributed by atoms with van der Waals surface area (Å²) >= 11 is 5.88. The Morgan fingerprint density at radius 2 is 1.96 bits per heavy atom. The van der Waals surface area contributed by atoms with Gasteiger partial charge in [0.05, 0.1) is 0 Å². The van der Waals surface area contributed by atoms with Gasteiger partial charge >= 0.3 is 0 Å². The number of halogens is 1. The van der Waals surface area contributed by atoms with Crippen molar-refractivity contribution in [1.82, 2.24) is 20.8 Å². The molecule has 2 rings (SSSR count). The normalized spacial score (nSPS) is 12.3. The Morgan fingerprint density at radius 1 is 1.26 bits per heavy atom. The second kappa shape index (κ2) is 7.46. The monoisotopic (exact) mass is 335 g/mol. The molecule has 0 spiro atoms. The minimum Gasteiger partial charge on any atom is -0.357 e. The van der Waals surface area contributed by atoms with Crippen molar-refractivity contribution in [3.63, 3.8) is 0 Å². The molecule has 0 fully saturated rings. The van der Waals surface area contributed by atoms with Crippen molar-refractivity contribution in [1.29, 1.82) is 0 Å². The maximum Gasteiger partial charge on any atom is 0.248 e. The molecule has 0 amide bonds. The molecular weight excluding hydrogens is 314 g/mol. The largest absolute Gasteiger partial charge is 0.357 e. The molecule has 0 aliphatic rings. The highest BCUT2D eigenvalue weighted by molar-refractivity contribution is 6.30. The minimum absolute atomic E-state index is 0.0791. The van der Waals surface area contributed by atoms with Gasteiger partial charge in [0.2, 0.25) is 11.7 Å². The van der Waals surface area contributed by atoms with Crippen molar-refractivity contribution >= 4 is 17.6 Å². The summed E-state index contributed by atoms with van der Waals surface area (Å²) in [6.07, 6.45) is 0. The smallest absolute Gasteiger partial charge is 0.248 e. The zero-order valence-corrected chi connectivity index (χ0v) is 14.6. The van der Waals surface area contributed by atoms with Crippen molar-refractivity contribution in [3.05, 3.63) is 35.2 Å². The van der Waals surface area contributed by atoms with Crippen molar-refractivity contribution in [2.75, 3.05) is 6.54 Å². The van der Waals surface area contributed by atoms with Crippen LogP contribution in [0.5, 0.6) is 0 Å². The molecule has 7 heteroatoms. The lowest BCUT2D eigenvalue weighted by molar-refractivity contribution is 0.380. The van der Waals surface area contributed by atoms with Gasteiger partial charge in [-0.3, -0.25) is 0 Å². The van der Waals surface area contributed by atoms with E-state index in [1.807, 2.05) is 19.1 Å². The van der Waals surface area contributed by atoms with Gasteiger partial charge in [0.15, 0.2) is 5.96 Å².